The number of rotatable bonds is 7. The van der Waals surface area contributed by atoms with Crippen LogP contribution in [0.1, 0.15) is 12.8 Å². The van der Waals surface area contributed by atoms with Crippen LogP contribution in [0.5, 0.6) is 0 Å². The van der Waals surface area contributed by atoms with Gasteiger partial charge in [-0.05, 0) is 23.3 Å². The highest BCUT2D eigenvalue weighted by Gasteiger charge is 2.19. The zero-order valence-electron chi connectivity index (χ0n) is 8.84. The normalized spacial score (nSPS) is 16.1. The molecule has 7 heteroatoms. The van der Waals surface area contributed by atoms with E-state index in [2.05, 4.69) is 20.8 Å². The number of halogens is 1. The fourth-order valence-corrected chi connectivity index (χ4v) is 2.17. The zero-order chi connectivity index (χ0) is 11.2. The van der Waals surface area contributed by atoms with E-state index in [-0.39, 0.29) is 0 Å². The summed E-state index contributed by atoms with van der Waals surface area (Å²) in [6.45, 7) is 1.74. The Hall–Kier alpha value is -0.590. The van der Waals surface area contributed by atoms with Crippen molar-refractivity contribution in [1.82, 2.24) is 25.5 Å². The van der Waals surface area contributed by atoms with Gasteiger partial charge in [0.05, 0.1) is 6.54 Å². The molecule has 0 aromatic carbocycles. The molecule has 0 amide bonds. The van der Waals surface area contributed by atoms with E-state index in [1.54, 1.807) is 11.8 Å². The summed E-state index contributed by atoms with van der Waals surface area (Å²) >= 11 is 7.03. The summed E-state index contributed by atoms with van der Waals surface area (Å²) in [6, 6.07) is 0.728. The predicted molar refractivity (Wildman–Crippen MR) is 64.6 cm³/mol. The molecular formula is C9H14ClN5S. The first-order chi connectivity index (χ1) is 7.90. The molecule has 1 aromatic rings. The Kier molecular flexibility index (Phi) is 4.62. The Bertz CT molecular complexity index is 349. The van der Waals surface area contributed by atoms with E-state index in [9.17, 15) is 0 Å². The average molecular weight is 260 g/mol. The molecular weight excluding hydrogens is 246 g/mol. The summed E-state index contributed by atoms with van der Waals surface area (Å²) in [6.07, 6.45) is 4.48. The van der Waals surface area contributed by atoms with E-state index >= 15 is 0 Å². The summed E-state index contributed by atoms with van der Waals surface area (Å²) in [5.41, 5.74) is 1.51. The lowest BCUT2D eigenvalue weighted by Gasteiger charge is -2.04. The highest BCUT2D eigenvalue weighted by Crippen LogP contribution is 2.18. The maximum Gasteiger partial charge on any atom is 0.209 e. The van der Waals surface area contributed by atoms with Crippen molar-refractivity contribution in [2.75, 3.05) is 12.3 Å². The summed E-state index contributed by atoms with van der Waals surface area (Å²) in [5.74, 6) is 0.792. The number of aromatic nitrogens is 4. The summed E-state index contributed by atoms with van der Waals surface area (Å²) in [5, 5.41) is 15.9. The average Bonchev–Trinajstić information content (AvgIpc) is 3.00. The third kappa shape index (κ3) is 3.77. The fraction of sp³-hybridized carbons (Fsp3) is 0.667. The van der Waals surface area contributed by atoms with E-state index in [0.29, 0.717) is 0 Å². The Morgan fingerprint density at radius 2 is 2.44 bits per heavy atom. The second-order valence-electron chi connectivity index (χ2n) is 3.59. The minimum atomic E-state index is 0.728. The molecule has 2 rings (SSSR count). The molecule has 1 aliphatic rings. The Morgan fingerprint density at radius 3 is 3.19 bits per heavy atom. The molecule has 0 aliphatic heterocycles. The largest absolute Gasteiger partial charge is 0.312 e. The maximum atomic E-state index is 5.44. The summed E-state index contributed by atoms with van der Waals surface area (Å²) < 4.78 is 1.82. The van der Waals surface area contributed by atoms with Gasteiger partial charge in [-0.1, -0.05) is 29.4 Å². The lowest BCUT2D eigenvalue weighted by atomic mass is 10.6. The molecule has 0 spiro atoms. The van der Waals surface area contributed by atoms with Crippen LogP contribution in [0.25, 0.3) is 0 Å². The van der Waals surface area contributed by atoms with Gasteiger partial charge in [-0.2, -0.15) is 0 Å². The number of hydrogen-bond donors (Lipinski definition) is 1. The van der Waals surface area contributed by atoms with Crippen molar-refractivity contribution in [3.8, 4) is 0 Å². The second kappa shape index (κ2) is 6.22. The minimum absolute atomic E-state index is 0.728. The Morgan fingerprint density at radius 1 is 1.56 bits per heavy atom. The minimum Gasteiger partial charge on any atom is -0.312 e. The molecule has 1 N–H and O–H groups in total. The molecule has 0 unspecified atom stereocenters. The molecule has 1 aliphatic carbocycles. The van der Waals surface area contributed by atoms with Gasteiger partial charge in [0, 0.05) is 23.9 Å². The van der Waals surface area contributed by atoms with Gasteiger partial charge in [-0.25, -0.2) is 4.68 Å². The van der Waals surface area contributed by atoms with Crippen LogP contribution in [0.3, 0.4) is 0 Å². The SMILES string of the molecule is ClC=CCSc1nnnn1CCNC1CC1. The van der Waals surface area contributed by atoms with E-state index in [4.69, 9.17) is 11.6 Å². The number of thioether (sulfide) groups is 1. The van der Waals surface area contributed by atoms with Crippen LogP contribution in [0.2, 0.25) is 0 Å². The predicted octanol–water partition coefficient (Wildman–Crippen LogP) is 1.27. The monoisotopic (exact) mass is 259 g/mol. The van der Waals surface area contributed by atoms with Gasteiger partial charge in [0.1, 0.15) is 0 Å². The highest BCUT2D eigenvalue weighted by atomic mass is 35.5. The van der Waals surface area contributed by atoms with Crippen LogP contribution in [-0.4, -0.2) is 38.5 Å². The number of hydrogen-bond acceptors (Lipinski definition) is 5. The third-order valence-corrected chi connectivity index (χ3v) is 3.32. The van der Waals surface area contributed by atoms with Gasteiger partial charge < -0.3 is 5.32 Å². The van der Waals surface area contributed by atoms with Gasteiger partial charge in [-0.15, -0.1) is 5.10 Å². The van der Waals surface area contributed by atoms with E-state index in [1.807, 2.05) is 10.8 Å². The molecule has 0 saturated heterocycles. The highest BCUT2D eigenvalue weighted by molar-refractivity contribution is 7.99. The van der Waals surface area contributed by atoms with Gasteiger partial charge in [0.25, 0.3) is 0 Å². The lowest BCUT2D eigenvalue weighted by molar-refractivity contribution is 0.510. The van der Waals surface area contributed by atoms with Gasteiger partial charge >= 0.3 is 0 Å². The van der Waals surface area contributed by atoms with Crippen LogP contribution in [-0.2, 0) is 6.54 Å². The van der Waals surface area contributed by atoms with Crippen LogP contribution in [0.4, 0.5) is 0 Å². The number of tetrazole rings is 1. The molecule has 1 heterocycles. The third-order valence-electron chi connectivity index (χ3n) is 2.23. The van der Waals surface area contributed by atoms with E-state index < -0.39 is 0 Å². The molecule has 0 atom stereocenters. The first-order valence-electron chi connectivity index (χ1n) is 5.27. The number of nitrogens with one attached hydrogen (secondary N) is 1. The van der Waals surface area contributed by atoms with Gasteiger partial charge in [0.2, 0.25) is 5.16 Å². The van der Waals surface area contributed by atoms with Crippen molar-refractivity contribution >= 4 is 23.4 Å². The summed E-state index contributed by atoms with van der Waals surface area (Å²) in [4.78, 5) is 0. The maximum absolute atomic E-state index is 5.44. The molecule has 88 valence electrons. The standard InChI is InChI=1S/C9H14ClN5S/c10-4-1-7-16-9-12-13-14-15(9)6-5-11-8-2-3-8/h1,4,8,11H,2-3,5-7H2. The molecule has 5 nitrogen and oxygen atoms in total. The van der Waals surface area contributed by atoms with Crippen molar-refractivity contribution < 1.29 is 0 Å². The Labute approximate surface area is 104 Å². The van der Waals surface area contributed by atoms with Gasteiger partial charge in [0.15, 0.2) is 0 Å². The molecule has 1 aromatic heterocycles. The van der Waals surface area contributed by atoms with Crippen molar-refractivity contribution in [3.05, 3.63) is 11.6 Å². The topological polar surface area (TPSA) is 55.6 Å². The zero-order valence-corrected chi connectivity index (χ0v) is 10.4. The molecule has 1 saturated carbocycles. The fourth-order valence-electron chi connectivity index (χ4n) is 1.26. The van der Waals surface area contributed by atoms with Crippen molar-refractivity contribution in [3.63, 3.8) is 0 Å². The smallest absolute Gasteiger partial charge is 0.209 e. The van der Waals surface area contributed by atoms with Crippen LogP contribution >= 0.6 is 23.4 Å². The first kappa shape index (κ1) is 11.9. The van der Waals surface area contributed by atoms with E-state index in [0.717, 1.165) is 30.0 Å². The Balaban J connectivity index is 1.75. The van der Waals surface area contributed by atoms with Crippen molar-refractivity contribution in [2.24, 2.45) is 0 Å². The number of nitrogens with zero attached hydrogens (tertiary/aromatic N) is 4. The van der Waals surface area contributed by atoms with E-state index in [1.165, 1.54) is 18.4 Å². The summed E-state index contributed by atoms with van der Waals surface area (Å²) in [7, 11) is 0. The van der Waals surface area contributed by atoms with Crippen LogP contribution < -0.4 is 5.32 Å². The van der Waals surface area contributed by atoms with Crippen LogP contribution in [0, 0.1) is 0 Å². The molecule has 0 bridgehead atoms. The lowest BCUT2D eigenvalue weighted by Crippen LogP contribution is -2.22. The first-order valence-corrected chi connectivity index (χ1v) is 6.70. The molecule has 0 radical (unpaired) electrons. The molecule has 16 heavy (non-hydrogen) atoms. The van der Waals surface area contributed by atoms with Crippen molar-refractivity contribution in [2.45, 2.75) is 30.6 Å². The second-order valence-corrected chi connectivity index (χ2v) is 4.82. The van der Waals surface area contributed by atoms with Crippen LogP contribution in [0.15, 0.2) is 16.8 Å². The van der Waals surface area contributed by atoms with Crippen molar-refractivity contribution in [1.29, 1.82) is 0 Å². The molecule has 1 fully saturated rings. The van der Waals surface area contributed by atoms with Gasteiger partial charge in [-0.3, -0.25) is 0 Å². The quantitative estimate of drug-likeness (QED) is 0.748.